The lowest BCUT2D eigenvalue weighted by Crippen LogP contribution is -2.01. The molecule has 0 N–H and O–H groups in total. The predicted molar refractivity (Wildman–Crippen MR) is 54.8 cm³/mol. The highest BCUT2D eigenvalue weighted by Crippen LogP contribution is 2.28. The number of rotatable bonds is 1. The van der Waals surface area contributed by atoms with Gasteiger partial charge in [0.25, 0.3) is 0 Å². The first kappa shape index (κ1) is 10.1. The Labute approximate surface area is 88.1 Å². The summed E-state index contributed by atoms with van der Waals surface area (Å²) in [4.78, 5) is 11.2. The minimum absolute atomic E-state index is 0.110. The Morgan fingerprint density at radius 3 is 2.93 bits per heavy atom. The van der Waals surface area contributed by atoms with E-state index < -0.39 is 5.82 Å². The zero-order valence-corrected chi connectivity index (χ0v) is 8.68. The van der Waals surface area contributed by atoms with Gasteiger partial charge in [-0.25, -0.2) is 4.39 Å². The Hall–Kier alpha value is -1.38. The third-order valence-corrected chi connectivity index (χ3v) is 2.61. The van der Waals surface area contributed by atoms with Crippen LogP contribution in [0.2, 0.25) is 0 Å². The Kier molecular flexibility index (Phi) is 2.71. The minimum Gasteiger partial charge on any atom is -0.490 e. The van der Waals surface area contributed by atoms with Gasteiger partial charge in [0.1, 0.15) is 0 Å². The van der Waals surface area contributed by atoms with Crippen molar-refractivity contribution in [2.24, 2.45) is 0 Å². The molecular formula is C12H13FO2. The van der Waals surface area contributed by atoms with E-state index in [4.69, 9.17) is 4.74 Å². The molecule has 0 aliphatic carbocycles. The molecule has 2 nitrogen and oxygen atoms in total. The van der Waals surface area contributed by atoms with Crippen molar-refractivity contribution in [1.82, 2.24) is 0 Å². The third kappa shape index (κ3) is 2.01. The number of ether oxygens (including phenoxy) is 1. The number of carbonyl (C=O) groups is 1. The van der Waals surface area contributed by atoms with Crippen molar-refractivity contribution in [2.45, 2.75) is 26.2 Å². The van der Waals surface area contributed by atoms with Gasteiger partial charge < -0.3 is 4.74 Å². The number of ketones is 1. The van der Waals surface area contributed by atoms with Crippen LogP contribution in [0.5, 0.6) is 5.75 Å². The first-order chi connectivity index (χ1) is 7.18. The molecule has 0 bridgehead atoms. The fourth-order valence-electron chi connectivity index (χ4n) is 1.79. The summed E-state index contributed by atoms with van der Waals surface area (Å²) in [6.07, 6.45) is 2.70. The van der Waals surface area contributed by atoms with Crippen LogP contribution in [-0.4, -0.2) is 12.4 Å². The van der Waals surface area contributed by atoms with E-state index in [1.807, 2.05) is 0 Å². The molecule has 2 rings (SSSR count). The van der Waals surface area contributed by atoms with Crippen LogP contribution >= 0.6 is 0 Å². The molecule has 0 saturated heterocycles. The van der Waals surface area contributed by atoms with Gasteiger partial charge in [-0.15, -0.1) is 0 Å². The molecule has 0 unspecified atom stereocenters. The molecule has 0 saturated carbocycles. The molecule has 1 heterocycles. The molecule has 0 amide bonds. The average Bonchev–Trinajstić information content (AvgIpc) is 2.42. The maximum Gasteiger partial charge on any atom is 0.166 e. The highest BCUT2D eigenvalue weighted by molar-refractivity contribution is 5.94. The molecule has 1 aliphatic heterocycles. The van der Waals surface area contributed by atoms with Crippen molar-refractivity contribution in [3.8, 4) is 5.75 Å². The topological polar surface area (TPSA) is 26.3 Å². The van der Waals surface area contributed by atoms with E-state index in [1.165, 1.54) is 13.0 Å². The van der Waals surface area contributed by atoms with Gasteiger partial charge in [-0.05, 0) is 43.9 Å². The molecule has 0 spiro atoms. The Balaban J connectivity index is 2.48. The van der Waals surface area contributed by atoms with Crippen molar-refractivity contribution in [1.29, 1.82) is 0 Å². The number of carbonyl (C=O) groups excluding carboxylic acids is 1. The second-order valence-electron chi connectivity index (χ2n) is 3.81. The van der Waals surface area contributed by atoms with E-state index in [0.717, 1.165) is 24.8 Å². The Morgan fingerprint density at radius 2 is 2.20 bits per heavy atom. The highest BCUT2D eigenvalue weighted by Gasteiger charge is 2.16. The largest absolute Gasteiger partial charge is 0.490 e. The summed E-state index contributed by atoms with van der Waals surface area (Å²) in [6.45, 7) is 2.00. The Bertz CT molecular complexity index is 399. The number of fused-ring (bicyclic) bond motifs is 1. The molecule has 0 fully saturated rings. The summed E-state index contributed by atoms with van der Waals surface area (Å²) < 4.78 is 18.9. The lowest BCUT2D eigenvalue weighted by atomic mass is 10.0. The average molecular weight is 208 g/mol. The highest BCUT2D eigenvalue weighted by atomic mass is 19.1. The molecule has 15 heavy (non-hydrogen) atoms. The van der Waals surface area contributed by atoms with E-state index in [0.29, 0.717) is 17.9 Å². The number of hydrogen-bond donors (Lipinski definition) is 0. The number of hydrogen-bond acceptors (Lipinski definition) is 2. The van der Waals surface area contributed by atoms with E-state index in [-0.39, 0.29) is 5.78 Å². The molecule has 80 valence electrons. The van der Waals surface area contributed by atoms with Crippen LogP contribution in [0.1, 0.15) is 35.7 Å². The molecular weight excluding hydrogens is 195 g/mol. The summed E-state index contributed by atoms with van der Waals surface area (Å²) >= 11 is 0. The van der Waals surface area contributed by atoms with Gasteiger partial charge in [-0.2, -0.15) is 0 Å². The fraction of sp³-hybridized carbons (Fsp3) is 0.417. The normalized spacial score (nSPS) is 15.1. The third-order valence-electron chi connectivity index (χ3n) is 2.61. The van der Waals surface area contributed by atoms with Crippen LogP contribution in [-0.2, 0) is 6.42 Å². The summed E-state index contributed by atoms with van der Waals surface area (Å²) in [7, 11) is 0. The van der Waals surface area contributed by atoms with Gasteiger partial charge >= 0.3 is 0 Å². The zero-order valence-electron chi connectivity index (χ0n) is 8.68. The maximum atomic E-state index is 13.6. The second-order valence-corrected chi connectivity index (χ2v) is 3.81. The minimum atomic E-state index is -0.417. The van der Waals surface area contributed by atoms with Crippen LogP contribution in [0.3, 0.4) is 0 Å². The summed E-state index contributed by atoms with van der Waals surface area (Å²) in [5.41, 5.74) is 1.24. The second kappa shape index (κ2) is 4.01. The lowest BCUT2D eigenvalue weighted by molar-refractivity contribution is 0.101. The molecule has 1 aliphatic rings. The van der Waals surface area contributed by atoms with Crippen molar-refractivity contribution < 1.29 is 13.9 Å². The predicted octanol–water partition coefficient (Wildman–Crippen LogP) is 2.74. The van der Waals surface area contributed by atoms with Gasteiger partial charge in [-0.1, -0.05) is 0 Å². The lowest BCUT2D eigenvalue weighted by Gasteiger charge is -2.09. The maximum absolute atomic E-state index is 13.6. The quantitative estimate of drug-likeness (QED) is 0.663. The Morgan fingerprint density at radius 1 is 1.40 bits per heavy atom. The van der Waals surface area contributed by atoms with Crippen molar-refractivity contribution >= 4 is 5.78 Å². The number of benzene rings is 1. The van der Waals surface area contributed by atoms with Crippen molar-refractivity contribution in [3.63, 3.8) is 0 Å². The molecule has 0 atom stereocenters. The summed E-state index contributed by atoms with van der Waals surface area (Å²) in [5.74, 6) is -0.196. The SMILES string of the molecule is CC(=O)c1cc(F)c2c(c1)CCCCO2. The van der Waals surface area contributed by atoms with E-state index in [2.05, 4.69) is 0 Å². The van der Waals surface area contributed by atoms with Gasteiger partial charge in [0.2, 0.25) is 0 Å². The summed E-state index contributed by atoms with van der Waals surface area (Å²) in [5, 5.41) is 0. The van der Waals surface area contributed by atoms with Crippen molar-refractivity contribution in [2.75, 3.05) is 6.61 Å². The van der Waals surface area contributed by atoms with Crippen LogP contribution in [0.25, 0.3) is 0 Å². The first-order valence-electron chi connectivity index (χ1n) is 5.14. The van der Waals surface area contributed by atoms with Crippen molar-refractivity contribution in [3.05, 3.63) is 29.1 Å². The van der Waals surface area contributed by atoms with Gasteiger partial charge in [0.15, 0.2) is 17.3 Å². The molecule has 3 heteroatoms. The smallest absolute Gasteiger partial charge is 0.166 e. The first-order valence-corrected chi connectivity index (χ1v) is 5.14. The van der Waals surface area contributed by atoms with Crippen LogP contribution in [0, 0.1) is 5.82 Å². The number of aryl methyl sites for hydroxylation is 1. The van der Waals surface area contributed by atoms with Gasteiger partial charge in [0.05, 0.1) is 6.61 Å². The van der Waals surface area contributed by atoms with Gasteiger partial charge in [0, 0.05) is 5.56 Å². The van der Waals surface area contributed by atoms with E-state index in [1.54, 1.807) is 6.07 Å². The molecule has 1 aromatic rings. The fourth-order valence-corrected chi connectivity index (χ4v) is 1.79. The van der Waals surface area contributed by atoms with Crippen LogP contribution in [0.15, 0.2) is 12.1 Å². The number of halogens is 1. The monoisotopic (exact) mass is 208 g/mol. The number of Topliss-reactive ketones (excluding diaryl/α,β-unsaturated/α-hetero) is 1. The summed E-state index contributed by atoms with van der Waals surface area (Å²) in [6, 6.07) is 3.00. The van der Waals surface area contributed by atoms with E-state index >= 15 is 0 Å². The standard InChI is InChI=1S/C12H13FO2/c1-8(14)10-6-9-4-2-3-5-15-12(9)11(13)7-10/h6-7H,2-5H2,1H3. The van der Waals surface area contributed by atoms with Crippen LogP contribution < -0.4 is 4.74 Å². The zero-order chi connectivity index (χ0) is 10.8. The van der Waals surface area contributed by atoms with Gasteiger partial charge in [-0.3, -0.25) is 4.79 Å². The van der Waals surface area contributed by atoms with Crippen LogP contribution in [0.4, 0.5) is 4.39 Å². The molecule has 0 radical (unpaired) electrons. The molecule has 0 aromatic heterocycles. The molecule has 1 aromatic carbocycles. The van der Waals surface area contributed by atoms with E-state index in [9.17, 15) is 9.18 Å².